The van der Waals surface area contributed by atoms with E-state index in [4.69, 9.17) is 23.1 Å². The number of ketones is 1. The number of carbonyl (C=O) groups excluding carboxylic acids is 2. The third-order valence-electron chi connectivity index (χ3n) is 4.82. The van der Waals surface area contributed by atoms with Gasteiger partial charge in [-0.05, 0) is 25.5 Å². The van der Waals surface area contributed by atoms with Crippen LogP contribution in [-0.2, 0) is 9.59 Å². The summed E-state index contributed by atoms with van der Waals surface area (Å²) < 4.78 is 15.4. The van der Waals surface area contributed by atoms with Gasteiger partial charge in [-0.15, -0.1) is 0 Å². The van der Waals surface area contributed by atoms with Crippen LogP contribution in [0.25, 0.3) is 0 Å². The fourth-order valence-electron chi connectivity index (χ4n) is 3.43. The number of Topliss-reactive ketones (excluding diaryl/α,β-unsaturated/α-hetero) is 1. The third-order valence-corrected chi connectivity index (χ3v) is 5.15. The van der Waals surface area contributed by atoms with Crippen LogP contribution in [0.1, 0.15) is 26.7 Å². The number of primary amides is 1. The highest BCUT2D eigenvalue weighted by molar-refractivity contribution is 6.34. The number of hydrogen-bond donors (Lipinski definition) is 3. The van der Waals surface area contributed by atoms with Crippen LogP contribution in [0, 0.1) is 11.8 Å². The largest absolute Gasteiger partial charge is 0.384 e. The van der Waals surface area contributed by atoms with E-state index in [9.17, 15) is 9.59 Å². The summed E-state index contributed by atoms with van der Waals surface area (Å²) in [6.45, 7) is 3.91. The zero-order valence-electron chi connectivity index (χ0n) is 15.5. The average Bonchev–Trinajstić information content (AvgIpc) is 2.60. The van der Waals surface area contributed by atoms with Gasteiger partial charge < -0.3 is 16.8 Å². The molecule has 3 unspecified atom stereocenters. The van der Waals surface area contributed by atoms with E-state index in [1.165, 1.54) is 0 Å². The number of amidine groups is 1. The molecule has 5 atom stereocenters. The number of dihydropyridines is 1. The van der Waals surface area contributed by atoms with Crippen molar-refractivity contribution < 1.29 is 14.0 Å². The molecule has 0 aromatic rings. The van der Waals surface area contributed by atoms with Gasteiger partial charge in [0.25, 0.3) is 0 Å². The number of aliphatic imine (C=N–C) groups is 1. The maximum Gasteiger partial charge on any atom is 0.218 e. The van der Waals surface area contributed by atoms with Crippen molar-refractivity contribution in [2.45, 2.75) is 44.9 Å². The molecule has 6 nitrogen and oxygen atoms in total. The van der Waals surface area contributed by atoms with E-state index in [1.807, 2.05) is 13.8 Å². The molecule has 1 heterocycles. The second kappa shape index (κ2) is 9.28. The summed E-state index contributed by atoms with van der Waals surface area (Å²) in [4.78, 5) is 28.0. The Balaban J connectivity index is 2.16. The minimum atomic E-state index is -1.55. The number of alkyl halides is 1. The zero-order chi connectivity index (χ0) is 20.1. The smallest absolute Gasteiger partial charge is 0.218 e. The molecule has 0 saturated carbocycles. The summed E-state index contributed by atoms with van der Waals surface area (Å²) in [5, 5.41) is 3.35. The Morgan fingerprint density at radius 2 is 2.11 bits per heavy atom. The second-order valence-corrected chi connectivity index (χ2v) is 7.36. The van der Waals surface area contributed by atoms with Crippen LogP contribution < -0.4 is 16.8 Å². The normalized spacial score (nSPS) is 27.3. The summed E-state index contributed by atoms with van der Waals surface area (Å²) in [5.74, 6) is -1.62. The van der Waals surface area contributed by atoms with Crippen molar-refractivity contribution in [1.82, 2.24) is 5.32 Å². The summed E-state index contributed by atoms with van der Waals surface area (Å²) in [5.41, 5.74) is 10.8. The molecule has 0 aromatic carbocycles. The molecule has 0 spiro atoms. The average molecular weight is 397 g/mol. The van der Waals surface area contributed by atoms with Crippen molar-refractivity contribution in [1.29, 1.82) is 0 Å². The fraction of sp³-hybridized carbons (Fsp3) is 0.526. The van der Waals surface area contributed by atoms with Crippen molar-refractivity contribution in [2.24, 2.45) is 28.3 Å². The number of nitrogens with one attached hydrogen (secondary N) is 1. The van der Waals surface area contributed by atoms with E-state index in [0.29, 0.717) is 12.3 Å². The zero-order valence-corrected chi connectivity index (χ0v) is 16.2. The molecule has 2 aliphatic rings. The van der Waals surface area contributed by atoms with Crippen LogP contribution in [0.4, 0.5) is 4.39 Å². The predicted octanol–water partition coefficient (Wildman–Crippen LogP) is 1.75. The minimum absolute atomic E-state index is 0.0303. The van der Waals surface area contributed by atoms with Crippen LogP contribution >= 0.6 is 11.6 Å². The van der Waals surface area contributed by atoms with E-state index in [2.05, 4.69) is 10.3 Å². The number of halogens is 2. The van der Waals surface area contributed by atoms with Crippen molar-refractivity contribution in [3.8, 4) is 0 Å². The quantitative estimate of drug-likeness (QED) is 0.580. The molecular weight excluding hydrogens is 371 g/mol. The first-order valence-corrected chi connectivity index (χ1v) is 9.41. The number of rotatable bonds is 8. The van der Waals surface area contributed by atoms with E-state index in [0.717, 1.165) is 0 Å². The highest BCUT2D eigenvalue weighted by Crippen LogP contribution is 2.34. The molecule has 148 valence electrons. The third kappa shape index (κ3) is 5.26. The molecule has 5 N–H and O–H groups in total. The topological polar surface area (TPSA) is 111 Å². The van der Waals surface area contributed by atoms with Crippen LogP contribution in [0.5, 0.6) is 0 Å². The minimum Gasteiger partial charge on any atom is -0.384 e. The molecule has 0 fully saturated rings. The second-order valence-electron chi connectivity index (χ2n) is 6.95. The standard InChI is InChI=1S/C19H26ClFN4O2/c1-3-14(25-10(2)8-16(23)26)12-5-6-13(20)17(18(12)21)19(27)11-4-7-15(22)24-9-11/h4-7,10-12,14,18,25H,3,8-9H2,1-2H3,(H2,22,24)(H2,23,26)/t10-,11?,12?,14+,18?/m0/s1. The lowest BCUT2D eigenvalue weighted by Gasteiger charge is -2.33. The van der Waals surface area contributed by atoms with Gasteiger partial charge >= 0.3 is 0 Å². The molecule has 0 bridgehead atoms. The molecule has 2 rings (SSSR count). The first-order chi connectivity index (χ1) is 12.7. The molecule has 27 heavy (non-hydrogen) atoms. The van der Waals surface area contributed by atoms with Crippen LogP contribution in [-0.4, -0.2) is 42.3 Å². The Morgan fingerprint density at radius 3 is 2.67 bits per heavy atom. The van der Waals surface area contributed by atoms with Crippen molar-refractivity contribution in [2.75, 3.05) is 6.54 Å². The van der Waals surface area contributed by atoms with Crippen LogP contribution in [0.15, 0.2) is 39.9 Å². The molecule has 1 amide bonds. The Hall–Kier alpha value is -1.99. The van der Waals surface area contributed by atoms with Crippen molar-refractivity contribution >= 4 is 29.1 Å². The Labute approximate surface area is 163 Å². The van der Waals surface area contributed by atoms with Gasteiger partial charge in [-0.25, -0.2) is 4.39 Å². The van der Waals surface area contributed by atoms with E-state index in [1.54, 1.807) is 24.3 Å². The monoisotopic (exact) mass is 396 g/mol. The van der Waals surface area contributed by atoms with E-state index < -0.39 is 23.9 Å². The van der Waals surface area contributed by atoms with Gasteiger partial charge in [0.15, 0.2) is 5.78 Å². The Morgan fingerprint density at radius 1 is 1.41 bits per heavy atom. The number of amides is 1. The summed E-state index contributed by atoms with van der Waals surface area (Å²) >= 11 is 6.17. The van der Waals surface area contributed by atoms with Gasteiger partial charge in [-0.1, -0.05) is 30.7 Å². The molecule has 8 heteroatoms. The van der Waals surface area contributed by atoms with Gasteiger partial charge in [0.1, 0.15) is 12.0 Å². The SMILES string of the molecule is CC[C@@H](N[C@@H](C)CC(N)=O)C1C=CC(Cl)=C(C(=O)C2C=CC(N)=NC2)C1F. The predicted molar refractivity (Wildman–Crippen MR) is 105 cm³/mol. The summed E-state index contributed by atoms with van der Waals surface area (Å²) in [6, 6.07) is -0.471. The highest BCUT2D eigenvalue weighted by Gasteiger charge is 2.38. The first kappa shape index (κ1) is 21.3. The number of nitrogens with two attached hydrogens (primary N) is 2. The van der Waals surface area contributed by atoms with Gasteiger partial charge in [-0.2, -0.15) is 0 Å². The van der Waals surface area contributed by atoms with Crippen molar-refractivity contribution in [3.05, 3.63) is 34.9 Å². The summed E-state index contributed by atoms with van der Waals surface area (Å²) in [7, 11) is 0. The Kier molecular flexibility index (Phi) is 7.33. The summed E-state index contributed by atoms with van der Waals surface area (Å²) in [6.07, 6.45) is 5.64. The lowest BCUT2D eigenvalue weighted by Crippen LogP contribution is -2.46. The van der Waals surface area contributed by atoms with Crippen molar-refractivity contribution in [3.63, 3.8) is 0 Å². The number of nitrogens with zero attached hydrogens (tertiary/aromatic N) is 1. The number of allylic oxidation sites excluding steroid dienone is 3. The molecule has 0 saturated heterocycles. The van der Waals surface area contributed by atoms with Gasteiger partial charge in [0.2, 0.25) is 5.91 Å². The van der Waals surface area contributed by atoms with E-state index >= 15 is 4.39 Å². The number of carbonyl (C=O) groups is 2. The van der Waals surface area contributed by atoms with E-state index in [-0.39, 0.29) is 41.4 Å². The molecule has 0 aromatic heterocycles. The van der Waals surface area contributed by atoms with Gasteiger partial charge in [0.05, 0.1) is 12.5 Å². The van der Waals surface area contributed by atoms with Crippen LogP contribution in [0.2, 0.25) is 0 Å². The maximum absolute atomic E-state index is 15.4. The van der Waals surface area contributed by atoms with Crippen LogP contribution in [0.3, 0.4) is 0 Å². The lowest BCUT2D eigenvalue weighted by molar-refractivity contribution is -0.119. The fourth-order valence-corrected chi connectivity index (χ4v) is 3.70. The first-order valence-electron chi connectivity index (χ1n) is 9.03. The maximum atomic E-state index is 15.4. The molecule has 1 aliphatic carbocycles. The molecule has 0 radical (unpaired) electrons. The van der Waals surface area contributed by atoms with Gasteiger partial charge in [0, 0.05) is 35.0 Å². The molecular formula is C19H26ClFN4O2. The lowest BCUT2D eigenvalue weighted by atomic mass is 9.80. The number of hydrogen-bond acceptors (Lipinski definition) is 5. The molecule has 1 aliphatic heterocycles. The van der Waals surface area contributed by atoms with Gasteiger partial charge in [-0.3, -0.25) is 14.6 Å². The highest BCUT2D eigenvalue weighted by atomic mass is 35.5. The Bertz CT molecular complexity index is 716.